The lowest BCUT2D eigenvalue weighted by molar-refractivity contribution is 0.341. The van der Waals surface area contributed by atoms with Gasteiger partial charge in [-0.25, -0.2) is 0 Å². The second-order valence-electron chi connectivity index (χ2n) is 4.96. The first kappa shape index (κ1) is 13.5. The van der Waals surface area contributed by atoms with Gasteiger partial charge >= 0.3 is 0 Å². The van der Waals surface area contributed by atoms with Gasteiger partial charge in [-0.2, -0.15) is 0 Å². The van der Waals surface area contributed by atoms with Crippen LogP contribution in [0, 0.1) is 0 Å². The third-order valence-corrected chi connectivity index (χ3v) is 3.48. The summed E-state index contributed by atoms with van der Waals surface area (Å²) < 4.78 is 5.63. The van der Waals surface area contributed by atoms with Gasteiger partial charge < -0.3 is 10.1 Å². The molecule has 0 atom stereocenters. The molecule has 0 aromatic heterocycles. The molecule has 0 heterocycles. The second-order valence-corrected chi connectivity index (χ2v) is 4.96. The Kier molecular flexibility index (Phi) is 4.06. The number of hydrogen-bond donors (Lipinski definition) is 1. The minimum Gasteiger partial charge on any atom is -0.492 e. The molecule has 21 heavy (non-hydrogen) atoms. The first-order valence-corrected chi connectivity index (χ1v) is 7.30. The SMILES string of the molecule is CCOc1ccccc1NCc1ccc2ccccc2c1. The summed E-state index contributed by atoms with van der Waals surface area (Å²) in [5, 5.41) is 6.00. The Morgan fingerprint density at radius 3 is 2.48 bits per heavy atom. The van der Waals surface area contributed by atoms with E-state index >= 15 is 0 Å². The van der Waals surface area contributed by atoms with E-state index in [1.807, 2.05) is 31.2 Å². The largest absolute Gasteiger partial charge is 0.492 e. The molecule has 0 radical (unpaired) electrons. The maximum Gasteiger partial charge on any atom is 0.142 e. The highest BCUT2D eigenvalue weighted by molar-refractivity contribution is 5.83. The molecule has 0 saturated carbocycles. The number of anilines is 1. The van der Waals surface area contributed by atoms with Crippen molar-refractivity contribution in [2.24, 2.45) is 0 Å². The molecule has 0 aliphatic heterocycles. The van der Waals surface area contributed by atoms with Crippen LogP contribution in [0.2, 0.25) is 0 Å². The molecule has 0 unspecified atom stereocenters. The number of ether oxygens (including phenoxy) is 1. The summed E-state index contributed by atoms with van der Waals surface area (Å²) in [5.74, 6) is 0.904. The predicted octanol–water partition coefficient (Wildman–Crippen LogP) is 4.85. The predicted molar refractivity (Wildman–Crippen MR) is 88.9 cm³/mol. The van der Waals surface area contributed by atoms with E-state index in [9.17, 15) is 0 Å². The fourth-order valence-electron chi connectivity index (χ4n) is 2.44. The molecule has 3 rings (SSSR count). The van der Waals surface area contributed by atoms with Gasteiger partial charge in [-0.15, -0.1) is 0 Å². The molecule has 0 aliphatic carbocycles. The Balaban J connectivity index is 1.77. The third kappa shape index (κ3) is 3.16. The molecule has 3 aromatic carbocycles. The molecule has 0 saturated heterocycles. The van der Waals surface area contributed by atoms with Crippen LogP contribution in [-0.4, -0.2) is 6.61 Å². The first-order chi connectivity index (χ1) is 10.4. The van der Waals surface area contributed by atoms with Crippen molar-refractivity contribution in [3.63, 3.8) is 0 Å². The summed E-state index contributed by atoms with van der Waals surface area (Å²) in [6, 6.07) is 23.0. The van der Waals surface area contributed by atoms with E-state index in [1.165, 1.54) is 16.3 Å². The smallest absolute Gasteiger partial charge is 0.142 e. The Hall–Kier alpha value is -2.48. The van der Waals surface area contributed by atoms with Gasteiger partial charge in [0, 0.05) is 6.54 Å². The van der Waals surface area contributed by atoms with Crippen molar-refractivity contribution in [1.82, 2.24) is 0 Å². The Morgan fingerprint density at radius 1 is 0.857 bits per heavy atom. The van der Waals surface area contributed by atoms with E-state index in [0.717, 1.165) is 18.0 Å². The van der Waals surface area contributed by atoms with E-state index < -0.39 is 0 Å². The fraction of sp³-hybridized carbons (Fsp3) is 0.158. The molecular formula is C19H19NO. The Morgan fingerprint density at radius 2 is 1.62 bits per heavy atom. The van der Waals surface area contributed by atoms with Crippen molar-refractivity contribution in [1.29, 1.82) is 0 Å². The number of rotatable bonds is 5. The summed E-state index contributed by atoms with van der Waals surface area (Å²) in [5.41, 5.74) is 2.30. The fourth-order valence-corrected chi connectivity index (χ4v) is 2.44. The van der Waals surface area contributed by atoms with Crippen LogP contribution < -0.4 is 10.1 Å². The normalized spacial score (nSPS) is 10.5. The summed E-state index contributed by atoms with van der Waals surface area (Å²) in [6.45, 7) is 3.46. The molecular weight excluding hydrogens is 258 g/mol. The van der Waals surface area contributed by atoms with Crippen molar-refractivity contribution in [2.45, 2.75) is 13.5 Å². The summed E-state index contributed by atoms with van der Waals surface area (Å²) in [4.78, 5) is 0. The Bertz CT molecular complexity index is 736. The van der Waals surface area contributed by atoms with Gasteiger partial charge in [-0.1, -0.05) is 48.5 Å². The van der Waals surface area contributed by atoms with Gasteiger partial charge in [0.1, 0.15) is 5.75 Å². The molecule has 3 aromatic rings. The van der Waals surface area contributed by atoms with Crippen LogP contribution in [0.25, 0.3) is 10.8 Å². The second kappa shape index (κ2) is 6.31. The molecule has 2 nitrogen and oxygen atoms in total. The average Bonchev–Trinajstić information content (AvgIpc) is 2.54. The summed E-state index contributed by atoms with van der Waals surface area (Å²) in [7, 11) is 0. The van der Waals surface area contributed by atoms with Crippen molar-refractivity contribution in [2.75, 3.05) is 11.9 Å². The van der Waals surface area contributed by atoms with Crippen molar-refractivity contribution in [3.05, 3.63) is 72.3 Å². The van der Waals surface area contributed by atoms with Crippen molar-refractivity contribution < 1.29 is 4.74 Å². The minimum absolute atomic E-state index is 0.675. The zero-order valence-corrected chi connectivity index (χ0v) is 12.2. The molecule has 2 heteroatoms. The monoisotopic (exact) mass is 277 g/mol. The number of hydrogen-bond acceptors (Lipinski definition) is 2. The lowest BCUT2D eigenvalue weighted by Crippen LogP contribution is -2.02. The average molecular weight is 277 g/mol. The number of para-hydroxylation sites is 2. The molecule has 106 valence electrons. The highest BCUT2D eigenvalue weighted by Gasteiger charge is 2.02. The maximum atomic E-state index is 5.63. The summed E-state index contributed by atoms with van der Waals surface area (Å²) >= 11 is 0. The highest BCUT2D eigenvalue weighted by Crippen LogP contribution is 2.24. The van der Waals surface area contributed by atoms with Crippen molar-refractivity contribution >= 4 is 16.5 Å². The summed E-state index contributed by atoms with van der Waals surface area (Å²) in [6.07, 6.45) is 0. The van der Waals surface area contributed by atoms with E-state index in [1.54, 1.807) is 0 Å². The van der Waals surface area contributed by atoms with Gasteiger partial charge in [-0.3, -0.25) is 0 Å². The van der Waals surface area contributed by atoms with Crippen LogP contribution in [-0.2, 0) is 6.54 Å². The standard InChI is InChI=1S/C19H19NO/c1-2-21-19-10-6-5-9-18(19)20-14-15-11-12-16-7-3-4-8-17(16)13-15/h3-13,20H,2,14H2,1H3. The molecule has 0 amide bonds. The lowest BCUT2D eigenvalue weighted by atomic mass is 10.1. The van der Waals surface area contributed by atoms with Gasteiger partial charge in [0.05, 0.1) is 12.3 Å². The third-order valence-electron chi connectivity index (χ3n) is 3.48. The maximum absolute atomic E-state index is 5.63. The van der Waals surface area contributed by atoms with E-state index in [4.69, 9.17) is 4.74 Å². The van der Waals surface area contributed by atoms with Crippen LogP contribution in [0.4, 0.5) is 5.69 Å². The van der Waals surface area contributed by atoms with Gasteiger partial charge in [0.25, 0.3) is 0 Å². The van der Waals surface area contributed by atoms with Gasteiger partial charge in [0.15, 0.2) is 0 Å². The first-order valence-electron chi connectivity index (χ1n) is 7.30. The molecule has 0 bridgehead atoms. The molecule has 0 fully saturated rings. The van der Waals surface area contributed by atoms with Crippen LogP contribution >= 0.6 is 0 Å². The van der Waals surface area contributed by atoms with Gasteiger partial charge in [-0.05, 0) is 41.5 Å². The molecule has 0 spiro atoms. The minimum atomic E-state index is 0.675. The van der Waals surface area contributed by atoms with Gasteiger partial charge in [0.2, 0.25) is 0 Å². The zero-order valence-electron chi connectivity index (χ0n) is 12.2. The van der Waals surface area contributed by atoms with Crippen molar-refractivity contribution in [3.8, 4) is 5.75 Å². The van der Waals surface area contributed by atoms with Crippen LogP contribution in [0.5, 0.6) is 5.75 Å². The van der Waals surface area contributed by atoms with E-state index in [2.05, 4.69) is 47.8 Å². The lowest BCUT2D eigenvalue weighted by Gasteiger charge is -2.12. The van der Waals surface area contributed by atoms with E-state index in [-0.39, 0.29) is 0 Å². The molecule has 0 aliphatic rings. The van der Waals surface area contributed by atoms with Crippen LogP contribution in [0.3, 0.4) is 0 Å². The zero-order chi connectivity index (χ0) is 14.5. The quantitative estimate of drug-likeness (QED) is 0.719. The number of nitrogens with one attached hydrogen (secondary N) is 1. The topological polar surface area (TPSA) is 21.3 Å². The van der Waals surface area contributed by atoms with Crippen LogP contribution in [0.1, 0.15) is 12.5 Å². The number of benzene rings is 3. The van der Waals surface area contributed by atoms with Crippen LogP contribution in [0.15, 0.2) is 66.7 Å². The molecule has 1 N–H and O–H groups in total. The highest BCUT2D eigenvalue weighted by atomic mass is 16.5. The number of fused-ring (bicyclic) bond motifs is 1. The van der Waals surface area contributed by atoms with E-state index in [0.29, 0.717) is 6.61 Å². The Labute approximate surface area is 125 Å².